The predicted molar refractivity (Wildman–Crippen MR) is 135 cm³/mol. The highest BCUT2D eigenvalue weighted by Gasteiger charge is 2.47. The van der Waals surface area contributed by atoms with Crippen molar-refractivity contribution in [2.75, 3.05) is 7.11 Å². The zero-order valence-electron chi connectivity index (χ0n) is 21.3. The lowest BCUT2D eigenvalue weighted by atomic mass is 9.84. The number of likely N-dealkylation sites (tertiary alicyclic amines) is 1. The van der Waals surface area contributed by atoms with Crippen molar-refractivity contribution >= 4 is 17.4 Å². The predicted octanol–water partition coefficient (Wildman–Crippen LogP) is 6.03. The van der Waals surface area contributed by atoms with Gasteiger partial charge >= 0.3 is 6.18 Å². The van der Waals surface area contributed by atoms with Crippen LogP contribution in [-0.4, -0.2) is 33.8 Å². The number of nitrogens with zero attached hydrogens (tertiary/aromatic N) is 2. The summed E-state index contributed by atoms with van der Waals surface area (Å²) in [7, 11) is 1.53. The Morgan fingerprint density at radius 3 is 2.37 bits per heavy atom. The molecule has 9 heteroatoms. The van der Waals surface area contributed by atoms with E-state index in [2.05, 4.69) is 4.98 Å². The maximum absolute atomic E-state index is 13.3. The number of ether oxygens (including phenoxy) is 1. The fourth-order valence-electron chi connectivity index (χ4n) is 4.53. The van der Waals surface area contributed by atoms with Crippen molar-refractivity contribution in [2.24, 2.45) is 0 Å². The molecule has 1 aliphatic rings. The molecule has 1 N–H and O–H groups in total. The van der Waals surface area contributed by atoms with E-state index >= 15 is 0 Å². The van der Waals surface area contributed by atoms with Gasteiger partial charge in [-0.15, -0.1) is 0 Å². The minimum Gasteiger partial charge on any atom is -0.507 e. The topological polar surface area (TPSA) is 79.7 Å². The molecule has 0 spiro atoms. The number of benzene rings is 2. The molecule has 3 aromatic rings. The summed E-state index contributed by atoms with van der Waals surface area (Å²) in [6.07, 6.45) is -3.09. The lowest BCUT2D eigenvalue weighted by Gasteiger charge is -2.25. The number of rotatable bonds is 5. The van der Waals surface area contributed by atoms with Crippen molar-refractivity contribution in [2.45, 2.75) is 44.9 Å². The first kappa shape index (κ1) is 26.9. The van der Waals surface area contributed by atoms with Gasteiger partial charge in [0, 0.05) is 23.9 Å². The van der Waals surface area contributed by atoms with E-state index in [4.69, 9.17) is 4.74 Å². The van der Waals surface area contributed by atoms with Crippen LogP contribution in [0.25, 0.3) is 5.76 Å². The number of pyridine rings is 1. The Morgan fingerprint density at radius 1 is 1.03 bits per heavy atom. The van der Waals surface area contributed by atoms with Crippen molar-refractivity contribution in [3.63, 3.8) is 0 Å². The first-order valence-corrected chi connectivity index (χ1v) is 11.9. The van der Waals surface area contributed by atoms with Gasteiger partial charge in [-0.3, -0.25) is 14.6 Å². The average Bonchev–Trinajstić information content (AvgIpc) is 3.12. The fourth-order valence-corrected chi connectivity index (χ4v) is 4.53. The molecular formula is C29H27F3N2O4. The van der Waals surface area contributed by atoms with Crippen molar-refractivity contribution < 1.29 is 32.6 Å². The van der Waals surface area contributed by atoms with Crippen LogP contribution in [0.2, 0.25) is 0 Å². The van der Waals surface area contributed by atoms with Crippen molar-refractivity contribution in [3.8, 4) is 5.75 Å². The maximum Gasteiger partial charge on any atom is 0.416 e. The summed E-state index contributed by atoms with van der Waals surface area (Å²) in [4.78, 5) is 31.9. The number of carbonyl (C=O) groups is 2. The van der Waals surface area contributed by atoms with Crippen LogP contribution in [0.3, 0.4) is 0 Å². The van der Waals surface area contributed by atoms with E-state index in [-0.39, 0.29) is 23.1 Å². The highest BCUT2D eigenvalue weighted by molar-refractivity contribution is 6.46. The molecule has 38 heavy (non-hydrogen) atoms. The molecular weight excluding hydrogens is 497 g/mol. The van der Waals surface area contributed by atoms with Crippen molar-refractivity contribution in [1.82, 2.24) is 9.88 Å². The number of alkyl halides is 3. The largest absolute Gasteiger partial charge is 0.507 e. The molecule has 1 aliphatic heterocycles. The summed E-state index contributed by atoms with van der Waals surface area (Å²) in [6, 6.07) is 13.3. The van der Waals surface area contributed by atoms with Crippen LogP contribution < -0.4 is 4.74 Å². The molecule has 1 aromatic heterocycles. The second-order valence-electron chi connectivity index (χ2n) is 10.0. The molecule has 0 bridgehead atoms. The van der Waals surface area contributed by atoms with E-state index in [1.165, 1.54) is 25.4 Å². The SMILES string of the molecule is COc1ccc(/C(O)=C2/C(=O)C(=O)N(Cc3cccc(C(F)(F)F)c3)C2c2ccccn2)cc1C(C)(C)C. The molecule has 4 rings (SSSR count). The summed E-state index contributed by atoms with van der Waals surface area (Å²) in [5.74, 6) is -1.69. The van der Waals surface area contributed by atoms with Crippen LogP contribution in [0.15, 0.2) is 72.4 Å². The number of aliphatic hydroxyl groups is 1. The summed E-state index contributed by atoms with van der Waals surface area (Å²) in [5, 5.41) is 11.4. The summed E-state index contributed by atoms with van der Waals surface area (Å²) < 4.78 is 45.3. The molecule has 1 atom stereocenters. The molecule has 198 valence electrons. The molecule has 0 aliphatic carbocycles. The van der Waals surface area contributed by atoms with Crippen LogP contribution in [0.1, 0.15) is 54.8 Å². The second kappa shape index (κ2) is 9.96. The Labute approximate surface area is 218 Å². The van der Waals surface area contributed by atoms with Gasteiger partial charge in [0.1, 0.15) is 17.6 Å². The van der Waals surface area contributed by atoms with Gasteiger partial charge in [-0.25, -0.2) is 0 Å². The number of carbonyl (C=O) groups excluding carboxylic acids is 2. The zero-order valence-corrected chi connectivity index (χ0v) is 21.3. The van der Waals surface area contributed by atoms with Gasteiger partial charge in [-0.1, -0.05) is 39.0 Å². The third-order valence-electron chi connectivity index (χ3n) is 6.40. The Morgan fingerprint density at radius 2 is 1.76 bits per heavy atom. The molecule has 2 heterocycles. The molecule has 6 nitrogen and oxygen atoms in total. The van der Waals surface area contributed by atoms with Crippen LogP contribution in [0.4, 0.5) is 13.2 Å². The number of halogens is 3. The lowest BCUT2D eigenvalue weighted by Crippen LogP contribution is -2.29. The third-order valence-corrected chi connectivity index (χ3v) is 6.40. The van der Waals surface area contributed by atoms with E-state index in [1.807, 2.05) is 20.8 Å². The van der Waals surface area contributed by atoms with Crippen LogP contribution in [0.5, 0.6) is 5.75 Å². The van der Waals surface area contributed by atoms with E-state index in [9.17, 15) is 27.9 Å². The van der Waals surface area contributed by atoms with E-state index in [0.717, 1.165) is 22.6 Å². The van der Waals surface area contributed by atoms with Crippen LogP contribution in [0, 0.1) is 0 Å². The first-order valence-electron chi connectivity index (χ1n) is 11.9. The Hall–Kier alpha value is -4.14. The molecule has 0 saturated carbocycles. The molecule has 1 fully saturated rings. The number of Topliss-reactive ketones (excluding diaryl/α,β-unsaturated/α-hetero) is 1. The second-order valence-corrected chi connectivity index (χ2v) is 10.0. The molecule has 2 aromatic carbocycles. The smallest absolute Gasteiger partial charge is 0.416 e. The summed E-state index contributed by atoms with van der Waals surface area (Å²) >= 11 is 0. The van der Waals surface area contributed by atoms with Gasteiger partial charge in [-0.2, -0.15) is 13.2 Å². The highest BCUT2D eigenvalue weighted by atomic mass is 19.4. The number of aliphatic hydroxyl groups excluding tert-OH is 1. The zero-order chi connectivity index (χ0) is 27.8. The van der Waals surface area contributed by atoms with Crippen molar-refractivity contribution in [3.05, 3.63) is 100 Å². The fraction of sp³-hybridized carbons (Fsp3) is 0.276. The Balaban J connectivity index is 1.86. The average molecular weight is 525 g/mol. The van der Waals surface area contributed by atoms with Gasteiger partial charge in [0.15, 0.2) is 0 Å². The Bertz CT molecular complexity index is 1410. The number of ketones is 1. The van der Waals surface area contributed by atoms with Gasteiger partial charge in [0.2, 0.25) is 0 Å². The molecule has 1 saturated heterocycles. The minimum atomic E-state index is -4.57. The normalized spacial score (nSPS) is 17.7. The van der Waals surface area contributed by atoms with Gasteiger partial charge in [0.05, 0.1) is 23.9 Å². The van der Waals surface area contributed by atoms with Gasteiger partial charge < -0.3 is 14.7 Å². The number of aromatic nitrogens is 1. The molecule has 0 radical (unpaired) electrons. The lowest BCUT2D eigenvalue weighted by molar-refractivity contribution is -0.140. The summed E-state index contributed by atoms with van der Waals surface area (Å²) in [6.45, 7) is 5.62. The maximum atomic E-state index is 13.3. The summed E-state index contributed by atoms with van der Waals surface area (Å²) in [5.41, 5.74) is 0.134. The van der Waals surface area contributed by atoms with Crippen LogP contribution in [-0.2, 0) is 27.7 Å². The number of amides is 1. The number of methoxy groups -OCH3 is 1. The van der Waals surface area contributed by atoms with E-state index in [0.29, 0.717) is 17.0 Å². The highest BCUT2D eigenvalue weighted by Crippen LogP contribution is 2.41. The van der Waals surface area contributed by atoms with Crippen LogP contribution >= 0.6 is 0 Å². The van der Waals surface area contributed by atoms with Gasteiger partial charge in [-0.05, 0) is 53.4 Å². The number of hydrogen-bond acceptors (Lipinski definition) is 5. The Kier molecular flexibility index (Phi) is 7.06. The first-order chi connectivity index (χ1) is 17.8. The van der Waals surface area contributed by atoms with E-state index in [1.54, 1.807) is 36.4 Å². The minimum absolute atomic E-state index is 0.183. The van der Waals surface area contributed by atoms with Gasteiger partial charge in [0.25, 0.3) is 11.7 Å². The standard InChI is InChI=1S/C29H27F3N2O4/c1-28(2,3)20-15-18(11-12-22(20)38-4)25(35)23-24(21-10-5-6-13-33-21)34(27(37)26(23)36)16-17-8-7-9-19(14-17)29(30,31)32/h5-15,24,35H,16H2,1-4H3/b25-23-. The quantitative estimate of drug-likeness (QED) is 0.251. The molecule has 1 unspecified atom stereocenters. The monoisotopic (exact) mass is 524 g/mol. The molecule has 1 amide bonds. The van der Waals surface area contributed by atoms with E-state index < -0.39 is 35.2 Å². The third kappa shape index (κ3) is 5.14. The number of hydrogen-bond donors (Lipinski definition) is 1. The van der Waals surface area contributed by atoms with Crippen molar-refractivity contribution in [1.29, 1.82) is 0 Å².